The van der Waals surface area contributed by atoms with E-state index >= 15 is 0 Å². The second kappa shape index (κ2) is 5.77. The van der Waals surface area contributed by atoms with Gasteiger partial charge < -0.3 is 10.4 Å². The third-order valence-electron chi connectivity index (χ3n) is 2.55. The summed E-state index contributed by atoms with van der Waals surface area (Å²) < 4.78 is 0. The van der Waals surface area contributed by atoms with Crippen molar-refractivity contribution >= 4 is 17.6 Å². The largest absolute Gasteiger partial charge is 0.478 e. The third-order valence-corrected chi connectivity index (χ3v) is 2.55. The molecule has 0 saturated heterocycles. The summed E-state index contributed by atoms with van der Waals surface area (Å²) >= 11 is 0. The SMILES string of the molecule is O=C(Cc1ccncc1)Nc1ccccc1C(=O)O. The lowest BCUT2D eigenvalue weighted by Gasteiger charge is -2.08. The van der Waals surface area contributed by atoms with Crippen LogP contribution in [0.4, 0.5) is 5.69 Å². The molecule has 5 heteroatoms. The zero-order valence-electron chi connectivity index (χ0n) is 10.0. The molecule has 0 atom stereocenters. The van der Waals surface area contributed by atoms with E-state index in [0.717, 1.165) is 5.56 Å². The molecule has 1 aromatic heterocycles. The average Bonchev–Trinajstić information content (AvgIpc) is 2.40. The molecule has 19 heavy (non-hydrogen) atoms. The van der Waals surface area contributed by atoms with E-state index in [1.54, 1.807) is 42.7 Å². The van der Waals surface area contributed by atoms with Crippen LogP contribution < -0.4 is 5.32 Å². The summed E-state index contributed by atoms with van der Waals surface area (Å²) in [5, 5.41) is 11.6. The standard InChI is InChI=1S/C14H12N2O3/c17-13(9-10-5-7-15-8-6-10)16-12-4-2-1-3-11(12)14(18)19/h1-8H,9H2,(H,16,17)(H,18,19). The second-order valence-electron chi connectivity index (χ2n) is 3.93. The first-order valence-electron chi connectivity index (χ1n) is 5.68. The van der Waals surface area contributed by atoms with E-state index < -0.39 is 5.97 Å². The molecule has 5 nitrogen and oxygen atoms in total. The van der Waals surface area contributed by atoms with Crippen molar-refractivity contribution in [2.24, 2.45) is 0 Å². The predicted octanol–water partition coefficient (Wildman–Crippen LogP) is 1.96. The van der Waals surface area contributed by atoms with Crippen molar-refractivity contribution in [3.63, 3.8) is 0 Å². The maximum Gasteiger partial charge on any atom is 0.337 e. The molecule has 96 valence electrons. The lowest BCUT2D eigenvalue weighted by atomic mass is 10.1. The fourth-order valence-electron chi connectivity index (χ4n) is 1.66. The van der Waals surface area contributed by atoms with Gasteiger partial charge in [0.25, 0.3) is 0 Å². The summed E-state index contributed by atoms with van der Waals surface area (Å²) in [4.78, 5) is 26.7. The van der Waals surface area contributed by atoms with E-state index in [0.29, 0.717) is 5.69 Å². The Morgan fingerprint density at radius 3 is 2.47 bits per heavy atom. The van der Waals surface area contributed by atoms with Crippen LogP contribution >= 0.6 is 0 Å². The van der Waals surface area contributed by atoms with E-state index in [4.69, 9.17) is 5.11 Å². The Hall–Kier alpha value is -2.69. The molecule has 0 aliphatic rings. The van der Waals surface area contributed by atoms with Crippen LogP contribution in [0.1, 0.15) is 15.9 Å². The lowest BCUT2D eigenvalue weighted by Crippen LogP contribution is -2.16. The number of carboxylic acids is 1. The molecule has 1 aromatic carbocycles. The average molecular weight is 256 g/mol. The number of nitrogens with zero attached hydrogens (tertiary/aromatic N) is 1. The van der Waals surface area contributed by atoms with Crippen LogP contribution in [-0.4, -0.2) is 22.0 Å². The summed E-state index contributed by atoms with van der Waals surface area (Å²) in [6.45, 7) is 0. The minimum absolute atomic E-state index is 0.0746. The van der Waals surface area contributed by atoms with Gasteiger partial charge in [0.2, 0.25) is 5.91 Å². The monoisotopic (exact) mass is 256 g/mol. The molecular formula is C14H12N2O3. The number of anilines is 1. The summed E-state index contributed by atoms with van der Waals surface area (Å²) in [5.74, 6) is -1.33. The molecule has 0 aliphatic carbocycles. The van der Waals surface area contributed by atoms with E-state index in [1.807, 2.05) is 0 Å². The highest BCUT2D eigenvalue weighted by atomic mass is 16.4. The van der Waals surface area contributed by atoms with Gasteiger partial charge in [0.1, 0.15) is 0 Å². The molecular weight excluding hydrogens is 244 g/mol. The fourth-order valence-corrected chi connectivity index (χ4v) is 1.66. The highest BCUT2D eigenvalue weighted by Gasteiger charge is 2.11. The molecule has 1 heterocycles. The molecule has 1 amide bonds. The molecule has 0 spiro atoms. The number of hydrogen-bond acceptors (Lipinski definition) is 3. The van der Waals surface area contributed by atoms with Gasteiger partial charge >= 0.3 is 5.97 Å². The molecule has 0 saturated carbocycles. The number of para-hydroxylation sites is 1. The number of aromatic nitrogens is 1. The van der Waals surface area contributed by atoms with Crippen molar-refractivity contribution in [1.82, 2.24) is 4.98 Å². The zero-order chi connectivity index (χ0) is 13.7. The Morgan fingerprint density at radius 1 is 1.11 bits per heavy atom. The van der Waals surface area contributed by atoms with Gasteiger partial charge in [-0.15, -0.1) is 0 Å². The van der Waals surface area contributed by atoms with Crippen molar-refractivity contribution in [3.8, 4) is 0 Å². The highest BCUT2D eigenvalue weighted by Crippen LogP contribution is 2.15. The molecule has 0 radical (unpaired) electrons. The molecule has 0 fully saturated rings. The van der Waals surface area contributed by atoms with Crippen LogP contribution in [0.3, 0.4) is 0 Å². The maximum absolute atomic E-state index is 11.8. The zero-order valence-corrected chi connectivity index (χ0v) is 10.0. The van der Waals surface area contributed by atoms with Crippen LogP contribution in [0, 0.1) is 0 Å². The summed E-state index contributed by atoms with van der Waals surface area (Å²) in [6, 6.07) is 9.78. The Morgan fingerprint density at radius 2 is 1.79 bits per heavy atom. The molecule has 0 unspecified atom stereocenters. The number of benzene rings is 1. The Kier molecular flexibility index (Phi) is 3.87. The fraction of sp³-hybridized carbons (Fsp3) is 0.0714. The Balaban J connectivity index is 2.09. The van der Waals surface area contributed by atoms with Crippen LogP contribution in [0.15, 0.2) is 48.8 Å². The number of pyridine rings is 1. The first-order valence-corrected chi connectivity index (χ1v) is 5.68. The first kappa shape index (κ1) is 12.8. The number of hydrogen-bond donors (Lipinski definition) is 2. The number of rotatable bonds is 4. The molecule has 0 aliphatic heterocycles. The molecule has 2 rings (SSSR count). The van der Waals surface area contributed by atoms with E-state index in [9.17, 15) is 9.59 Å². The van der Waals surface area contributed by atoms with Crippen LogP contribution in [0.2, 0.25) is 0 Å². The van der Waals surface area contributed by atoms with Gasteiger partial charge in [-0.2, -0.15) is 0 Å². The first-order chi connectivity index (χ1) is 9.16. The number of carbonyl (C=O) groups is 2. The quantitative estimate of drug-likeness (QED) is 0.876. The number of nitrogens with one attached hydrogen (secondary N) is 1. The van der Waals surface area contributed by atoms with Crippen molar-refractivity contribution < 1.29 is 14.7 Å². The van der Waals surface area contributed by atoms with Gasteiger partial charge in [-0.05, 0) is 29.8 Å². The number of carbonyl (C=O) groups excluding carboxylic acids is 1. The normalized spacial score (nSPS) is 9.89. The van der Waals surface area contributed by atoms with Crippen molar-refractivity contribution in [1.29, 1.82) is 0 Å². The number of carboxylic acid groups (broad SMARTS) is 1. The van der Waals surface area contributed by atoms with E-state index in [1.165, 1.54) is 6.07 Å². The van der Waals surface area contributed by atoms with Crippen molar-refractivity contribution in [2.45, 2.75) is 6.42 Å². The van der Waals surface area contributed by atoms with E-state index in [2.05, 4.69) is 10.3 Å². The lowest BCUT2D eigenvalue weighted by molar-refractivity contribution is -0.115. The van der Waals surface area contributed by atoms with Gasteiger partial charge in [0, 0.05) is 12.4 Å². The highest BCUT2D eigenvalue weighted by molar-refractivity contribution is 6.00. The Labute approximate surface area is 109 Å². The Bertz CT molecular complexity index is 597. The predicted molar refractivity (Wildman–Crippen MR) is 70.0 cm³/mol. The van der Waals surface area contributed by atoms with Crippen molar-refractivity contribution in [3.05, 3.63) is 59.9 Å². The topological polar surface area (TPSA) is 79.3 Å². The smallest absolute Gasteiger partial charge is 0.337 e. The summed E-state index contributed by atoms with van der Waals surface area (Å²) in [6.07, 6.45) is 3.39. The maximum atomic E-state index is 11.8. The van der Waals surface area contributed by atoms with Gasteiger partial charge in [0.15, 0.2) is 0 Å². The summed E-state index contributed by atoms with van der Waals surface area (Å²) in [7, 11) is 0. The van der Waals surface area contributed by atoms with Crippen LogP contribution in [-0.2, 0) is 11.2 Å². The van der Waals surface area contributed by atoms with Gasteiger partial charge in [-0.1, -0.05) is 12.1 Å². The molecule has 0 bridgehead atoms. The second-order valence-corrected chi connectivity index (χ2v) is 3.93. The minimum Gasteiger partial charge on any atom is -0.478 e. The minimum atomic E-state index is -1.07. The number of aromatic carboxylic acids is 1. The van der Waals surface area contributed by atoms with Crippen LogP contribution in [0.25, 0.3) is 0 Å². The van der Waals surface area contributed by atoms with Gasteiger partial charge in [-0.25, -0.2) is 4.79 Å². The van der Waals surface area contributed by atoms with Crippen molar-refractivity contribution in [2.75, 3.05) is 5.32 Å². The van der Waals surface area contributed by atoms with Gasteiger partial charge in [0.05, 0.1) is 17.7 Å². The molecule has 2 N–H and O–H groups in total. The summed E-state index contributed by atoms with van der Waals surface area (Å²) in [5.41, 5.74) is 1.19. The molecule has 2 aromatic rings. The van der Waals surface area contributed by atoms with E-state index in [-0.39, 0.29) is 17.9 Å². The van der Waals surface area contributed by atoms with Crippen LogP contribution in [0.5, 0.6) is 0 Å². The number of amides is 1. The van der Waals surface area contributed by atoms with Gasteiger partial charge in [-0.3, -0.25) is 9.78 Å². The third kappa shape index (κ3) is 3.38.